The summed E-state index contributed by atoms with van der Waals surface area (Å²) in [5.74, 6) is 0.814. The molecule has 17 heavy (non-hydrogen) atoms. The first-order chi connectivity index (χ1) is 8.13. The molecule has 0 radical (unpaired) electrons. The first kappa shape index (κ1) is 12.6. The van der Waals surface area contributed by atoms with Crippen molar-refractivity contribution in [3.8, 4) is 0 Å². The van der Waals surface area contributed by atoms with Crippen LogP contribution in [0.2, 0.25) is 0 Å². The molecule has 1 fully saturated rings. The number of rotatable bonds is 3. The molecule has 2 atom stereocenters. The lowest BCUT2D eigenvalue weighted by Gasteiger charge is -2.28. The summed E-state index contributed by atoms with van der Waals surface area (Å²) in [6.07, 6.45) is 1.31. The minimum atomic E-state index is 0.403. The topological polar surface area (TPSA) is 29.3 Å². The van der Waals surface area contributed by atoms with Crippen LogP contribution in [0, 0.1) is 19.8 Å². The lowest BCUT2D eigenvalue weighted by molar-refractivity contribution is 0.243. The van der Waals surface area contributed by atoms with Crippen LogP contribution in [0.5, 0.6) is 0 Å². The summed E-state index contributed by atoms with van der Waals surface area (Å²) < 4.78 is 0. The van der Waals surface area contributed by atoms with Gasteiger partial charge < -0.3 is 5.73 Å². The SMILES string of the molecule is Cc1cccc(C(CN)N2CCC(C)C2)c1C. The highest BCUT2D eigenvalue weighted by Crippen LogP contribution is 2.29. The second kappa shape index (κ2) is 5.19. The Morgan fingerprint density at radius 3 is 2.76 bits per heavy atom. The van der Waals surface area contributed by atoms with Gasteiger partial charge in [-0.1, -0.05) is 25.1 Å². The molecule has 1 aliphatic rings. The van der Waals surface area contributed by atoms with E-state index in [0.717, 1.165) is 12.5 Å². The van der Waals surface area contributed by atoms with Gasteiger partial charge in [-0.15, -0.1) is 0 Å². The van der Waals surface area contributed by atoms with Gasteiger partial charge in [-0.3, -0.25) is 4.90 Å². The predicted molar refractivity (Wildman–Crippen MR) is 73.1 cm³/mol. The van der Waals surface area contributed by atoms with Gasteiger partial charge in [0.15, 0.2) is 0 Å². The first-order valence-electron chi connectivity index (χ1n) is 6.63. The minimum absolute atomic E-state index is 0.403. The Morgan fingerprint density at radius 1 is 1.41 bits per heavy atom. The molecule has 2 nitrogen and oxygen atoms in total. The Hall–Kier alpha value is -0.860. The molecule has 1 aromatic rings. The van der Waals surface area contributed by atoms with Crippen LogP contribution in [-0.2, 0) is 0 Å². The Labute approximate surface area is 105 Å². The molecule has 2 N–H and O–H groups in total. The van der Waals surface area contributed by atoms with Crippen molar-refractivity contribution < 1.29 is 0 Å². The summed E-state index contributed by atoms with van der Waals surface area (Å²) in [5.41, 5.74) is 10.2. The summed E-state index contributed by atoms with van der Waals surface area (Å²) in [5, 5.41) is 0. The zero-order chi connectivity index (χ0) is 12.4. The monoisotopic (exact) mass is 232 g/mol. The largest absolute Gasteiger partial charge is 0.329 e. The summed E-state index contributed by atoms with van der Waals surface area (Å²) in [4.78, 5) is 2.55. The normalized spacial score (nSPS) is 22.9. The second-order valence-electron chi connectivity index (χ2n) is 5.43. The quantitative estimate of drug-likeness (QED) is 0.868. The molecule has 0 amide bonds. The average molecular weight is 232 g/mol. The number of aryl methyl sites for hydroxylation is 1. The van der Waals surface area contributed by atoms with Gasteiger partial charge in [-0.05, 0) is 49.4 Å². The van der Waals surface area contributed by atoms with E-state index in [-0.39, 0.29) is 0 Å². The van der Waals surface area contributed by atoms with Gasteiger partial charge in [0.1, 0.15) is 0 Å². The van der Waals surface area contributed by atoms with Crippen LogP contribution in [0.1, 0.15) is 36.1 Å². The number of nitrogens with two attached hydrogens (primary N) is 1. The van der Waals surface area contributed by atoms with E-state index < -0.39 is 0 Å². The predicted octanol–water partition coefficient (Wildman–Crippen LogP) is 2.65. The van der Waals surface area contributed by atoms with Crippen LogP contribution >= 0.6 is 0 Å². The van der Waals surface area contributed by atoms with Gasteiger partial charge >= 0.3 is 0 Å². The van der Waals surface area contributed by atoms with E-state index in [2.05, 4.69) is 43.9 Å². The fraction of sp³-hybridized carbons (Fsp3) is 0.600. The standard InChI is InChI=1S/C15H24N2/c1-11-7-8-17(10-11)15(9-16)14-6-4-5-12(2)13(14)3/h4-6,11,15H,7-10,16H2,1-3H3. The zero-order valence-corrected chi connectivity index (χ0v) is 11.2. The fourth-order valence-corrected chi connectivity index (χ4v) is 2.86. The van der Waals surface area contributed by atoms with Crippen molar-refractivity contribution in [2.75, 3.05) is 19.6 Å². The summed E-state index contributed by atoms with van der Waals surface area (Å²) >= 11 is 0. The highest BCUT2D eigenvalue weighted by atomic mass is 15.2. The summed E-state index contributed by atoms with van der Waals surface area (Å²) in [6, 6.07) is 6.97. The molecule has 1 aliphatic heterocycles. The Bertz CT molecular complexity index is 387. The molecule has 0 saturated carbocycles. The molecule has 0 spiro atoms. The van der Waals surface area contributed by atoms with Crippen molar-refractivity contribution >= 4 is 0 Å². The van der Waals surface area contributed by atoms with Crippen molar-refractivity contribution in [2.45, 2.75) is 33.2 Å². The van der Waals surface area contributed by atoms with Crippen molar-refractivity contribution in [3.05, 3.63) is 34.9 Å². The Balaban J connectivity index is 2.26. The summed E-state index contributed by atoms with van der Waals surface area (Å²) in [6.45, 7) is 9.82. The van der Waals surface area contributed by atoms with Crippen LogP contribution in [-0.4, -0.2) is 24.5 Å². The van der Waals surface area contributed by atoms with Gasteiger partial charge in [-0.2, -0.15) is 0 Å². The maximum atomic E-state index is 6.01. The molecule has 0 aliphatic carbocycles. The molecule has 0 bridgehead atoms. The average Bonchev–Trinajstić information content (AvgIpc) is 2.72. The van der Waals surface area contributed by atoms with Crippen LogP contribution in [0.25, 0.3) is 0 Å². The molecule has 0 aromatic heterocycles. The number of likely N-dealkylation sites (tertiary alicyclic amines) is 1. The van der Waals surface area contributed by atoms with Gasteiger partial charge in [0.25, 0.3) is 0 Å². The molecular weight excluding hydrogens is 208 g/mol. The fourth-order valence-electron chi connectivity index (χ4n) is 2.86. The van der Waals surface area contributed by atoms with Crippen LogP contribution < -0.4 is 5.73 Å². The third kappa shape index (κ3) is 2.53. The highest BCUT2D eigenvalue weighted by molar-refractivity contribution is 5.35. The van der Waals surface area contributed by atoms with Crippen molar-refractivity contribution in [1.82, 2.24) is 4.90 Å². The second-order valence-corrected chi connectivity index (χ2v) is 5.43. The molecule has 1 saturated heterocycles. The van der Waals surface area contributed by atoms with Crippen molar-refractivity contribution in [3.63, 3.8) is 0 Å². The van der Waals surface area contributed by atoms with Gasteiger partial charge in [0.05, 0.1) is 0 Å². The van der Waals surface area contributed by atoms with Gasteiger partial charge in [0, 0.05) is 19.1 Å². The maximum Gasteiger partial charge on any atom is 0.0473 e. The number of benzene rings is 1. The first-order valence-corrected chi connectivity index (χ1v) is 6.63. The lowest BCUT2D eigenvalue weighted by Crippen LogP contribution is -2.32. The van der Waals surface area contributed by atoms with E-state index in [1.54, 1.807) is 0 Å². The van der Waals surface area contributed by atoms with Crippen LogP contribution in [0.15, 0.2) is 18.2 Å². The summed E-state index contributed by atoms with van der Waals surface area (Å²) in [7, 11) is 0. The number of hydrogen-bond donors (Lipinski definition) is 1. The molecule has 1 heterocycles. The highest BCUT2D eigenvalue weighted by Gasteiger charge is 2.26. The molecule has 2 heteroatoms. The number of nitrogens with zero attached hydrogens (tertiary/aromatic N) is 1. The Kier molecular flexibility index (Phi) is 3.85. The molecular formula is C15H24N2. The molecule has 94 valence electrons. The number of hydrogen-bond acceptors (Lipinski definition) is 2. The molecule has 2 unspecified atom stereocenters. The smallest absolute Gasteiger partial charge is 0.0473 e. The van der Waals surface area contributed by atoms with Gasteiger partial charge in [0.2, 0.25) is 0 Å². The van der Waals surface area contributed by atoms with Crippen molar-refractivity contribution in [1.29, 1.82) is 0 Å². The maximum absolute atomic E-state index is 6.01. The van der Waals surface area contributed by atoms with E-state index in [4.69, 9.17) is 5.73 Å². The van der Waals surface area contributed by atoms with Crippen LogP contribution in [0.3, 0.4) is 0 Å². The lowest BCUT2D eigenvalue weighted by atomic mass is 9.96. The van der Waals surface area contributed by atoms with E-state index in [1.807, 2.05) is 0 Å². The van der Waals surface area contributed by atoms with E-state index in [9.17, 15) is 0 Å². The third-order valence-electron chi connectivity index (χ3n) is 4.12. The molecule has 2 rings (SSSR count). The zero-order valence-electron chi connectivity index (χ0n) is 11.2. The van der Waals surface area contributed by atoms with E-state index in [0.29, 0.717) is 6.04 Å². The van der Waals surface area contributed by atoms with Gasteiger partial charge in [-0.25, -0.2) is 0 Å². The van der Waals surface area contributed by atoms with Crippen LogP contribution in [0.4, 0.5) is 0 Å². The minimum Gasteiger partial charge on any atom is -0.329 e. The molecule has 1 aromatic carbocycles. The van der Waals surface area contributed by atoms with Crippen molar-refractivity contribution in [2.24, 2.45) is 11.7 Å². The van der Waals surface area contributed by atoms with E-state index >= 15 is 0 Å². The third-order valence-corrected chi connectivity index (χ3v) is 4.12. The van der Waals surface area contributed by atoms with E-state index in [1.165, 1.54) is 36.2 Å². The Morgan fingerprint density at radius 2 is 2.18 bits per heavy atom.